The highest BCUT2D eigenvalue weighted by atomic mass is 16.5. The fourth-order valence-electron chi connectivity index (χ4n) is 2.54. The molecule has 18 heavy (non-hydrogen) atoms. The molecule has 1 aliphatic carbocycles. The average molecular weight is 256 g/mol. The number of aliphatic hydroxyl groups excluding tert-OH is 1. The van der Waals surface area contributed by atoms with Gasteiger partial charge >= 0.3 is 0 Å². The van der Waals surface area contributed by atoms with Crippen molar-refractivity contribution >= 4 is 5.91 Å². The van der Waals surface area contributed by atoms with Crippen molar-refractivity contribution in [2.45, 2.75) is 44.2 Å². The van der Waals surface area contributed by atoms with E-state index in [0.717, 1.165) is 32.2 Å². The molecular formula is C13H24N2O3. The number of carbonyl (C=O) groups is 1. The minimum atomic E-state index is -0.323. The van der Waals surface area contributed by atoms with Crippen LogP contribution in [0.1, 0.15) is 32.6 Å². The van der Waals surface area contributed by atoms with Crippen LogP contribution in [0.15, 0.2) is 0 Å². The molecule has 104 valence electrons. The van der Waals surface area contributed by atoms with Gasteiger partial charge in [0, 0.05) is 31.3 Å². The van der Waals surface area contributed by atoms with E-state index in [1.54, 1.807) is 0 Å². The van der Waals surface area contributed by atoms with Gasteiger partial charge in [-0.25, -0.2) is 0 Å². The second-order valence-corrected chi connectivity index (χ2v) is 5.32. The molecule has 1 saturated carbocycles. The lowest BCUT2D eigenvalue weighted by Crippen LogP contribution is -2.55. The summed E-state index contributed by atoms with van der Waals surface area (Å²) in [7, 11) is 0. The molecule has 1 amide bonds. The number of carbonyl (C=O) groups excluding carboxylic acids is 1. The Morgan fingerprint density at radius 2 is 2.11 bits per heavy atom. The highest BCUT2D eigenvalue weighted by Gasteiger charge is 2.35. The molecule has 0 aromatic carbocycles. The molecule has 5 heteroatoms. The van der Waals surface area contributed by atoms with Crippen molar-refractivity contribution in [3.8, 4) is 0 Å². The zero-order valence-electron chi connectivity index (χ0n) is 11.2. The van der Waals surface area contributed by atoms with E-state index in [9.17, 15) is 9.90 Å². The summed E-state index contributed by atoms with van der Waals surface area (Å²) in [6, 6.07) is 0.462. The molecule has 0 unspecified atom stereocenters. The van der Waals surface area contributed by atoms with E-state index in [4.69, 9.17) is 4.74 Å². The van der Waals surface area contributed by atoms with Crippen LogP contribution >= 0.6 is 0 Å². The molecule has 0 aromatic rings. The molecule has 0 radical (unpaired) electrons. The smallest absolute Gasteiger partial charge is 0.236 e. The van der Waals surface area contributed by atoms with Crippen LogP contribution in [0.5, 0.6) is 0 Å². The number of hydrogen-bond acceptors (Lipinski definition) is 4. The maximum absolute atomic E-state index is 12.1. The van der Waals surface area contributed by atoms with E-state index < -0.39 is 0 Å². The molecule has 1 aliphatic heterocycles. The SMILES string of the molecule is CCN(C(=O)CNC1(CO)CCOCC1)C1CC1. The Kier molecular flexibility index (Phi) is 4.59. The first-order valence-electron chi connectivity index (χ1n) is 6.94. The van der Waals surface area contributed by atoms with Crippen molar-refractivity contribution in [1.82, 2.24) is 10.2 Å². The second-order valence-electron chi connectivity index (χ2n) is 5.32. The summed E-state index contributed by atoms with van der Waals surface area (Å²) in [6.07, 6.45) is 3.82. The van der Waals surface area contributed by atoms with E-state index in [1.165, 1.54) is 0 Å². The molecule has 2 aliphatic rings. The standard InChI is InChI=1S/C13H24N2O3/c1-2-15(11-3-4-11)12(17)9-14-13(10-16)5-7-18-8-6-13/h11,14,16H,2-10H2,1H3. The molecule has 2 N–H and O–H groups in total. The third kappa shape index (κ3) is 3.22. The highest BCUT2D eigenvalue weighted by Crippen LogP contribution is 2.26. The predicted molar refractivity (Wildman–Crippen MR) is 68.3 cm³/mol. The van der Waals surface area contributed by atoms with Gasteiger partial charge in [-0.3, -0.25) is 4.79 Å². The fourth-order valence-corrected chi connectivity index (χ4v) is 2.54. The molecule has 5 nitrogen and oxygen atoms in total. The Balaban J connectivity index is 1.83. The molecule has 1 saturated heterocycles. The fraction of sp³-hybridized carbons (Fsp3) is 0.923. The monoisotopic (exact) mass is 256 g/mol. The van der Waals surface area contributed by atoms with Crippen molar-refractivity contribution in [3.05, 3.63) is 0 Å². The summed E-state index contributed by atoms with van der Waals surface area (Å²) < 4.78 is 5.30. The van der Waals surface area contributed by atoms with Gasteiger partial charge in [0.25, 0.3) is 0 Å². The molecule has 2 rings (SSSR count). The van der Waals surface area contributed by atoms with Crippen molar-refractivity contribution in [1.29, 1.82) is 0 Å². The maximum atomic E-state index is 12.1. The van der Waals surface area contributed by atoms with Crippen LogP contribution in [-0.4, -0.2) is 60.4 Å². The number of nitrogens with one attached hydrogen (secondary N) is 1. The lowest BCUT2D eigenvalue weighted by molar-refractivity contribution is -0.131. The van der Waals surface area contributed by atoms with Gasteiger partial charge in [-0.2, -0.15) is 0 Å². The molecule has 2 fully saturated rings. The molecule has 0 atom stereocenters. The van der Waals surface area contributed by atoms with Crippen LogP contribution < -0.4 is 5.32 Å². The van der Waals surface area contributed by atoms with Gasteiger partial charge in [0.2, 0.25) is 5.91 Å². The Morgan fingerprint density at radius 1 is 1.44 bits per heavy atom. The number of hydrogen-bond donors (Lipinski definition) is 2. The first-order valence-corrected chi connectivity index (χ1v) is 6.94. The number of amides is 1. The van der Waals surface area contributed by atoms with Crippen molar-refractivity contribution in [3.63, 3.8) is 0 Å². The molecule has 0 aromatic heterocycles. The lowest BCUT2D eigenvalue weighted by Gasteiger charge is -2.37. The summed E-state index contributed by atoms with van der Waals surface area (Å²) in [5.74, 6) is 0.152. The van der Waals surface area contributed by atoms with Crippen LogP contribution in [0.2, 0.25) is 0 Å². The van der Waals surface area contributed by atoms with E-state index in [-0.39, 0.29) is 18.1 Å². The number of likely N-dealkylation sites (N-methyl/N-ethyl adjacent to an activating group) is 1. The average Bonchev–Trinajstić information content (AvgIpc) is 3.23. The third-order valence-electron chi connectivity index (χ3n) is 4.02. The topological polar surface area (TPSA) is 61.8 Å². The second kappa shape index (κ2) is 5.99. The minimum Gasteiger partial charge on any atom is -0.394 e. The number of ether oxygens (including phenoxy) is 1. The van der Waals surface area contributed by atoms with Crippen LogP contribution in [0, 0.1) is 0 Å². The largest absolute Gasteiger partial charge is 0.394 e. The highest BCUT2D eigenvalue weighted by molar-refractivity contribution is 5.79. The third-order valence-corrected chi connectivity index (χ3v) is 4.02. The summed E-state index contributed by atoms with van der Waals surface area (Å²) >= 11 is 0. The summed E-state index contributed by atoms with van der Waals surface area (Å²) in [5, 5.41) is 12.8. The van der Waals surface area contributed by atoms with Gasteiger partial charge < -0.3 is 20.1 Å². The number of nitrogens with zero attached hydrogens (tertiary/aromatic N) is 1. The molecule has 0 spiro atoms. The van der Waals surface area contributed by atoms with E-state index in [0.29, 0.717) is 25.8 Å². The molecule has 0 bridgehead atoms. The first-order chi connectivity index (χ1) is 8.71. The van der Waals surface area contributed by atoms with Crippen LogP contribution in [0.4, 0.5) is 0 Å². The van der Waals surface area contributed by atoms with E-state index in [1.807, 2.05) is 11.8 Å². The van der Waals surface area contributed by atoms with Crippen molar-refractivity contribution in [2.24, 2.45) is 0 Å². The Labute approximate surface area is 108 Å². The normalized spacial score (nSPS) is 22.8. The van der Waals surface area contributed by atoms with Gasteiger partial charge in [-0.15, -0.1) is 0 Å². The molecular weight excluding hydrogens is 232 g/mol. The van der Waals surface area contributed by atoms with E-state index >= 15 is 0 Å². The van der Waals surface area contributed by atoms with E-state index in [2.05, 4.69) is 5.32 Å². The molecule has 1 heterocycles. The minimum absolute atomic E-state index is 0.0686. The van der Waals surface area contributed by atoms with Gasteiger partial charge in [-0.1, -0.05) is 0 Å². The summed E-state index contributed by atoms with van der Waals surface area (Å²) in [6.45, 7) is 4.50. The Bertz CT molecular complexity index is 286. The van der Waals surface area contributed by atoms with Crippen LogP contribution in [-0.2, 0) is 9.53 Å². The van der Waals surface area contributed by atoms with Gasteiger partial charge in [0.15, 0.2) is 0 Å². The van der Waals surface area contributed by atoms with Gasteiger partial charge in [0.05, 0.1) is 13.2 Å². The summed E-state index contributed by atoms with van der Waals surface area (Å²) in [4.78, 5) is 14.0. The van der Waals surface area contributed by atoms with Gasteiger partial charge in [-0.05, 0) is 32.6 Å². The Hall–Kier alpha value is -0.650. The number of aliphatic hydroxyl groups is 1. The van der Waals surface area contributed by atoms with Crippen LogP contribution in [0.25, 0.3) is 0 Å². The predicted octanol–water partition coefficient (Wildman–Crippen LogP) is 0.128. The zero-order valence-corrected chi connectivity index (χ0v) is 11.2. The Morgan fingerprint density at radius 3 is 2.61 bits per heavy atom. The van der Waals surface area contributed by atoms with Crippen molar-refractivity contribution in [2.75, 3.05) is 32.9 Å². The van der Waals surface area contributed by atoms with Crippen molar-refractivity contribution < 1.29 is 14.6 Å². The maximum Gasteiger partial charge on any atom is 0.236 e. The van der Waals surface area contributed by atoms with Crippen LogP contribution in [0.3, 0.4) is 0 Å². The lowest BCUT2D eigenvalue weighted by atomic mass is 9.91. The quantitative estimate of drug-likeness (QED) is 0.709. The van der Waals surface area contributed by atoms with Gasteiger partial charge in [0.1, 0.15) is 0 Å². The first kappa shape index (κ1) is 13.8. The summed E-state index contributed by atoms with van der Waals surface area (Å²) in [5.41, 5.74) is -0.323. The zero-order chi connectivity index (χ0) is 13.0. The number of rotatable bonds is 6.